The van der Waals surface area contributed by atoms with Crippen molar-refractivity contribution in [3.05, 3.63) is 30.6 Å². The van der Waals surface area contributed by atoms with Gasteiger partial charge >= 0.3 is 0 Å². The van der Waals surface area contributed by atoms with E-state index in [1.165, 1.54) is 10.3 Å². The van der Waals surface area contributed by atoms with Crippen LogP contribution in [0.3, 0.4) is 0 Å². The van der Waals surface area contributed by atoms with Crippen LogP contribution in [0.4, 0.5) is 5.69 Å². The zero-order chi connectivity index (χ0) is 12.1. The van der Waals surface area contributed by atoms with Crippen molar-refractivity contribution in [1.29, 1.82) is 0 Å². The number of pyridine rings is 1. The molecule has 3 nitrogen and oxygen atoms in total. The molecule has 0 radical (unpaired) electrons. The molecule has 17 heavy (non-hydrogen) atoms. The molecule has 0 atom stereocenters. The minimum absolute atomic E-state index is 0.786. The third-order valence-corrected chi connectivity index (χ3v) is 3.72. The number of methoxy groups -OCH3 is 1. The topological polar surface area (TPSA) is 48.1 Å². The maximum atomic E-state index is 5.93. The molecule has 0 amide bonds. The van der Waals surface area contributed by atoms with Crippen LogP contribution in [0.2, 0.25) is 0 Å². The fourth-order valence-corrected chi connectivity index (χ4v) is 2.68. The summed E-state index contributed by atoms with van der Waals surface area (Å²) in [6.45, 7) is 0.807. The van der Waals surface area contributed by atoms with Crippen molar-refractivity contribution in [3.8, 4) is 0 Å². The smallest absolute Gasteiger partial charge is 0.0470 e. The molecule has 0 saturated carbocycles. The molecule has 90 valence electrons. The summed E-state index contributed by atoms with van der Waals surface area (Å²) >= 11 is 1.84. The summed E-state index contributed by atoms with van der Waals surface area (Å²) in [5, 5.41) is 2.21. The van der Waals surface area contributed by atoms with E-state index < -0.39 is 0 Å². The summed E-state index contributed by atoms with van der Waals surface area (Å²) in [6, 6.07) is 6.04. The van der Waals surface area contributed by atoms with E-state index in [9.17, 15) is 0 Å². The first kappa shape index (κ1) is 12.2. The highest BCUT2D eigenvalue weighted by Gasteiger charge is 2.04. The highest BCUT2D eigenvalue weighted by molar-refractivity contribution is 7.99. The Morgan fingerprint density at radius 1 is 1.29 bits per heavy atom. The Balaban J connectivity index is 2.20. The number of rotatable bonds is 5. The van der Waals surface area contributed by atoms with Gasteiger partial charge in [-0.2, -0.15) is 0 Å². The number of hydrogen-bond acceptors (Lipinski definition) is 4. The second-order valence-corrected chi connectivity index (χ2v) is 4.91. The van der Waals surface area contributed by atoms with E-state index in [4.69, 9.17) is 10.5 Å². The molecule has 0 spiro atoms. The van der Waals surface area contributed by atoms with Crippen molar-refractivity contribution in [3.63, 3.8) is 0 Å². The van der Waals surface area contributed by atoms with Crippen LogP contribution in [-0.4, -0.2) is 24.5 Å². The minimum atomic E-state index is 0.786. The second kappa shape index (κ2) is 5.89. The van der Waals surface area contributed by atoms with Crippen LogP contribution in [-0.2, 0) is 4.74 Å². The van der Waals surface area contributed by atoms with Crippen LogP contribution in [0, 0.1) is 0 Å². The normalized spacial score (nSPS) is 10.9. The predicted octanol–water partition coefficient (Wildman–Crippen LogP) is 2.95. The molecule has 0 unspecified atom stereocenters. The van der Waals surface area contributed by atoms with Crippen molar-refractivity contribution in [2.45, 2.75) is 11.3 Å². The van der Waals surface area contributed by atoms with Gasteiger partial charge in [0.1, 0.15) is 0 Å². The van der Waals surface area contributed by atoms with E-state index in [1.807, 2.05) is 30.1 Å². The van der Waals surface area contributed by atoms with Gasteiger partial charge in [-0.15, -0.1) is 11.8 Å². The third-order valence-electron chi connectivity index (χ3n) is 2.56. The van der Waals surface area contributed by atoms with Crippen LogP contribution in [0.15, 0.2) is 35.5 Å². The van der Waals surface area contributed by atoms with E-state index in [0.29, 0.717) is 0 Å². The van der Waals surface area contributed by atoms with Crippen LogP contribution >= 0.6 is 11.8 Å². The molecular formula is C13H16N2OS. The molecule has 0 fully saturated rings. The largest absolute Gasteiger partial charge is 0.398 e. The highest BCUT2D eigenvalue weighted by Crippen LogP contribution is 2.31. The van der Waals surface area contributed by atoms with Gasteiger partial charge in [-0.3, -0.25) is 4.98 Å². The molecule has 4 heteroatoms. The number of hydrogen-bond donors (Lipinski definition) is 1. The SMILES string of the molecule is COCCCSc1ccc(N)c2cnccc12. The van der Waals surface area contributed by atoms with E-state index in [2.05, 4.69) is 11.1 Å². The maximum Gasteiger partial charge on any atom is 0.0470 e. The van der Waals surface area contributed by atoms with Gasteiger partial charge < -0.3 is 10.5 Å². The van der Waals surface area contributed by atoms with Crippen molar-refractivity contribution < 1.29 is 4.74 Å². The van der Waals surface area contributed by atoms with E-state index in [-0.39, 0.29) is 0 Å². The number of nitrogens with two attached hydrogens (primary N) is 1. The van der Waals surface area contributed by atoms with E-state index in [1.54, 1.807) is 13.3 Å². The van der Waals surface area contributed by atoms with Gasteiger partial charge in [0.25, 0.3) is 0 Å². The lowest BCUT2D eigenvalue weighted by Crippen LogP contribution is -1.92. The molecule has 1 aromatic heterocycles. The highest BCUT2D eigenvalue weighted by atomic mass is 32.2. The first-order valence-electron chi connectivity index (χ1n) is 5.57. The van der Waals surface area contributed by atoms with Gasteiger partial charge in [0.2, 0.25) is 0 Å². The number of ether oxygens (including phenoxy) is 1. The van der Waals surface area contributed by atoms with E-state index >= 15 is 0 Å². The Bertz CT molecular complexity index is 502. The first-order chi connectivity index (χ1) is 8.33. The van der Waals surface area contributed by atoms with Gasteiger partial charge in [0.05, 0.1) is 0 Å². The predicted molar refractivity (Wildman–Crippen MR) is 73.4 cm³/mol. The zero-order valence-electron chi connectivity index (χ0n) is 9.85. The average molecular weight is 248 g/mol. The summed E-state index contributed by atoms with van der Waals surface area (Å²) in [7, 11) is 1.73. The number of nitrogens with zero attached hydrogens (tertiary/aromatic N) is 1. The quantitative estimate of drug-likeness (QED) is 0.502. The Morgan fingerprint density at radius 2 is 2.18 bits per heavy atom. The zero-order valence-corrected chi connectivity index (χ0v) is 10.7. The molecule has 2 rings (SSSR count). The standard InChI is InChI=1S/C13H16N2OS/c1-16-7-2-8-17-13-4-3-12(14)11-9-15-6-5-10(11)13/h3-6,9H,2,7-8,14H2,1H3. The Labute approximate surface area is 105 Å². The molecule has 0 aliphatic rings. The van der Waals surface area contributed by atoms with Gasteiger partial charge in [-0.1, -0.05) is 0 Å². The number of aromatic nitrogens is 1. The molecule has 0 saturated heterocycles. The minimum Gasteiger partial charge on any atom is -0.398 e. The van der Waals surface area contributed by atoms with Gasteiger partial charge in [-0.25, -0.2) is 0 Å². The second-order valence-electron chi connectivity index (χ2n) is 3.77. The van der Waals surface area contributed by atoms with Crippen LogP contribution in [0.25, 0.3) is 10.8 Å². The van der Waals surface area contributed by atoms with Crippen molar-refractivity contribution >= 4 is 28.2 Å². The van der Waals surface area contributed by atoms with Gasteiger partial charge in [-0.05, 0) is 24.6 Å². The fraction of sp³-hybridized carbons (Fsp3) is 0.308. The molecular weight excluding hydrogens is 232 g/mol. The molecule has 1 heterocycles. The monoisotopic (exact) mass is 248 g/mol. The third kappa shape index (κ3) is 2.90. The van der Waals surface area contributed by atoms with E-state index in [0.717, 1.165) is 29.9 Å². The summed E-state index contributed by atoms with van der Waals surface area (Å²) in [6.07, 6.45) is 4.68. The van der Waals surface area contributed by atoms with Crippen LogP contribution in [0.5, 0.6) is 0 Å². The van der Waals surface area contributed by atoms with Crippen LogP contribution in [0.1, 0.15) is 6.42 Å². The van der Waals surface area contributed by atoms with Crippen molar-refractivity contribution in [2.24, 2.45) is 0 Å². The number of nitrogen functional groups attached to an aromatic ring is 1. The molecule has 0 aliphatic carbocycles. The molecule has 0 aliphatic heterocycles. The fourth-order valence-electron chi connectivity index (χ4n) is 1.70. The molecule has 2 aromatic rings. The summed E-state index contributed by atoms with van der Waals surface area (Å²) in [4.78, 5) is 5.37. The number of benzene rings is 1. The van der Waals surface area contributed by atoms with Gasteiger partial charge in [0.15, 0.2) is 0 Å². The summed E-state index contributed by atoms with van der Waals surface area (Å²) < 4.78 is 5.04. The lowest BCUT2D eigenvalue weighted by Gasteiger charge is -2.07. The van der Waals surface area contributed by atoms with Gasteiger partial charge in [0, 0.05) is 53.2 Å². The Hall–Kier alpha value is -1.26. The first-order valence-corrected chi connectivity index (χ1v) is 6.55. The lowest BCUT2D eigenvalue weighted by molar-refractivity contribution is 0.200. The Kier molecular flexibility index (Phi) is 4.23. The molecule has 1 aromatic carbocycles. The van der Waals surface area contributed by atoms with Crippen molar-refractivity contribution in [1.82, 2.24) is 4.98 Å². The molecule has 2 N–H and O–H groups in total. The number of thioether (sulfide) groups is 1. The summed E-state index contributed by atoms with van der Waals surface area (Å²) in [5.41, 5.74) is 6.72. The average Bonchev–Trinajstić information content (AvgIpc) is 2.37. The van der Waals surface area contributed by atoms with Crippen molar-refractivity contribution in [2.75, 3.05) is 25.2 Å². The Morgan fingerprint density at radius 3 is 3.00 bits per heavy atom. The lowest BCUT2D eigenvalue weighted by atomic mass is 10.1. The summed E-state index contributed by atoms with van der Waals surface area (Å²) in [5.74, 6) is 1.05. The number of fused-ring (bicyclic) bond motifs is 1. The van der Waals surface area contributed by atoms with Crippen LogP contribution < -0.4 is 5.73 Å². The number of anilines is 1. The molecule has 0 bridgehead atoms. The maximum absolute atomic E-state index is 5.93.